The van der Waals surface area contributed by atoms with Gasteiger partial charge in [0, 0.05) is 0 Å². The molecule has 0 bridgehead atoms. The van der Waals surface area contributed by atoms with E-state index in [1.165, 1.54) is 28.4 Å². The Morgan fingerprint density at radius 2 is 2.28 bits per heavy atom. The van der Waals surface area contributed by atoms with E-state index in [4.69, 9.17) is 0 Å². The van der Waals surface area contributed by atoms with Gasteiger partial charge in [-0.15, -0.1) is 11.8 Å². The summed E-state index contributed by atoms with van der Waals surface area (Å²) in [4.78, 5) is 24.4. The summed E-state index contributed by atoms with van der Waals surface area (Å²) in [5, 5.41) is 18.5. The van der Waals surface area contributed by atoms with Crippen LogP contribution in [0, 0.1) is 5.92 Å². The van der Waals surface area contributed by atoms with Crippen molar-refractivity contribution in [2.75, 3.05) is 5.75 Å². The molecule has 5 nitrogen and oxygen atoms in total. The first-order valence-corrected chi connectivity index (χ1v) is 7.63. The average Bonchev–Trinajstić information content (AvgIpc) is 2.60. The number of carbonyl (C=O) groups is 2. The van der Waals surface area contributed by atoms with E-state index in [0.717, 1.165) is 12.2 Å². The highest BCUT2D eigenvalue weighted by molar-refractivity contribution is 8.22. The van der Waals surface area contributed by atoms with Gasteiger partial charge in [0.25, 0.3) is 0 Å². The number of amides is 1. The normalized spacial score (nSPS) is 28.2. The van der Waals surface area contributed by atoms with Crippen LogP contribution in [-0.2, 0) is 9.59 Å². The molecule has 1 amide bonds. The van der Waals surface area contributed by atoms with Crippen LogP contribution in [0.2, 0.25) is 0 Å². The Morgan fingerprint density at radius 3 is 2.78 bits per heavy atom. The van der Waals surface area contributed by atoms with Crippen LogP contribution in [0.15, 0.2) is 9.93 Å². The topological polar surface area (TPSA) is 77.8 Å². The number of thioether (sulfide) groups is 2. The second-order valence-corrected chi connectivity index (χ2v) is 6.76. The van der Waals surface area contributed by atoms with Gasteiger partial charge in [0.1, 0.15) is 5.37 Å². The smallest absolute Gasteiger partial charge is 0.354 e. The minimum atomic E-state index is -1.07. The summed E-state index contributed by atoms with van der Waals surface area (Å²) in [6, 6.07) is 0. The number of fused-ring (bicyclic) bond motifs is 1. The van der Waals surface area contributed by atoms with Crippen LogP contribution in [0.4, 0.5) is 0 Å². The lowest BCUT2D eigenvalue weighted by Gasteiger charge is -2.43. The number of aliphatic hydroxyl groups is 1. The van der Waals surface area contributed by atoms with Crippen molar-refractivity contribution in [2.45, 2.75) is 31.7 Å². The van der Waals surface area contributed by atoms with Crippen molar-refractivity contribution in [1.82, 2.24) is 4.90 Å². The Hall–Kier alpha value is -0.660. The fourth-order valence-corrected chi connectivity index (χ4v) is 4.90. The zero-order chi connectivity index (χ0) is 13.4. The largest absolute Gasteiger partial charge is 0.477 e. The van der Waals surface area contributed by atoms with Gasteiger partial charge in [-0.3, -0.25) is 9.69 Å². The summed E-state index contributed by atoms with van der Waals surface area (Å²) in [6.07, 6.45) is 0.205. The molecule has 0 spiro atoms. The van der Waals surface area contributed by atoms with Crippen molar-refractivity contribution >= 4 is 35.4 Å². The van der Waals surface area contributed by atoms with Gasteiger partial charge < -0.3 is 10.2 Å². The summed E-state index contributed by atoms with van der Waals surface area (Å²) in [7, 11) is 0. The highest BCUT2D eigenvalue weighted by Crippen LogP contribution is 2.53. The molecule has 2 aliphatic heterocycles. The summed E-state index contributed by atoms with van der Waals surface area (Å²) in [5.74, 6) is -1.01. The molecule has 1 saturated heterocycles. The van der Waals surface area contributed by atoms with Gasteiger partial charge in [-0.1, -0.05) is 18.7 Å². The molecule has 0 aromatic rings. The average molecular weight is 289 g/mol. The van der Waals surface area contributed by atoms with Crippen molar-refractivity contribution < 1.29 is 19.8 Å². The molecule has 100 valence electrons. The van der Waals surface area contributed by atoms with Crippen LogP contribution in [0.1, 0.15) is 20.3 Å². The van der Waals surface area contributed by atoms with Crippen molar-refractivity contribution in [3.05, 3.63) is 9.93 Å². The maximum Gasteiger partial charge on any atom is 0.354 e. The number of carbonyl (C=O) groups excluding carboxylic acids is 1. The van der Waals surface area contributed by atoms with Gasteiger partial charge in [-0.2, -0.15) is 0 Å². The molecule has 2 heterocycles. The van der Waals surface area contributed by atoms with Crippen molar-refractivity contribution in [2.24, 2.45) is 5.92 Å². The number of aliphatic carboxylic acids is 1. The van der Waals surface area contributed by atoms with E-state index in [1.54, 1.807) is 6.92 Å². The van der Waals surface area contributed by atoms with E-state index in [2.05, 4.69) is 0 Å². The molecular weight excluding hydrogens is 274 g/mol. The van der Waals surface area contributed by atoms with E-state index in [1.807, 2.05) is 6.92 Å². The molecule has 2 N–H and O–H groups in total. The monoisotopic (exact) mass is 289 g/mol. The molecule has 2 aliphatic rings. The van der Waals surface area contributed by atoms with Crippen LogP contribution in [0.25, 0.3) is 0 Å². The van der Waals surface area contributed by atoms with E-state index in [9.17, 15) is 19.8 Å². The van der Waals surface area contributed by atoms with Crippen LogP contribution >= 0.6 is 23.5 Å². The quantitative estimate of drug-likeness (QED) is 0.743. The first-order chi connectivity index (χ1) is 8.49. The lowest BCUT2D eigenvalue weighted by Crippen LogP contribution is -2.60. The highest BCUT2D eigenvalue weighted by atomic mass is 32.2. The van der Waals surface area contributed by atoms with Gasteiger partial charge in [0.2, 0.25) is 5.91 Å². The number of rotatable bonds is 5. The fourth-order valence-electron chi connectivity index (χ4n) is 2.05. The zero-order valence-electron chi connectivity index (χ0n) is 10.1. The number of hydrogen-bond donors (Lipinski definition) is 2. The number of β-lactam (4-membered cyclic amide) rings is 1. The lowest BCUT2D eigenvalue weighted by atomic mass is 9.92. The molecule has 2 rings (SSSR count). The number of carboxylic acids is 1. The van der Waals surface area contributed by atoms with E-state index in [-0.39, 0.29) is 17.0 Å². The van der Waals surface area contributed by atoms with Crippen molar-refractivity contribution in [3.63, 3.8) is 0 Å². The molecule has 0 aromatic heterocycles. The first kappa shape index (κ1) is 13.8. The molecule has 7 heteroatoms. The van der Waals surface area contributed by atoms with Gasteiger partial charge in [0.15, 0.2) is 5.70 Å². The number of hydrogen-bond acceptors (Lipinski definition) is 5. The third-order valence-electron chi connectivity index (χ3n) is 2.91. The van der Waals surface area contributed by atoms with Crippen LogP contribution in [0.5, 0.6) is 0 Å². The Morgan fingerprint density at radius 1 is 1.61 bits per heavy atom. The Labute approximate surface area is 114 Å². The van der Waals surface area contributed by atoms with Crippen LogP contribution in [-0.4, -0.2) is 44.2 Å². The van der Waals surface area contributed by atoms with E-state index in [0.29, 0.717) is 4.24 Å². The molecule has 18 heavy (non-hydrogen) atoms. The highest BCUT2D eigenvalue weighted by Gasteiger charge is 2.57. The first-order valence-electron chi connectivity index (χ1n) is 5.77. The minimum absolute atomic E-state index is 0.0883. The zero-order valence-corrected chi connectivity index (χ0v) is 11.8. The van der Waals surface area contributed by atoms with E-state index >= 15 is 0 Å². The van der Waals surface area contributed by atoms with Crippen molar-refractivity contribution in [1.29, 1.82) is 0 Å². The Balaban J connectivity index is 2.21. The Kier molecular flexibility index (Phi) is 3.93. The molecule has 1 fully saturated rings. The summed E-state index contributed by atoms with van der Waals surface area (Å²) >= 11 is 2.85. The standard InChI is InChI=1S/C11H15NO4S2/c1-3-4-17-11-7(10(15)16)12-8(14)6(5(2)13)9(12)18-11/h5-6,9,13H,3-4H2,1-2H3,(H,15,16)/t5-,6+,9+/m1/s1. The molecule has 3 atom stereocenters. The summed E-state index contributed by atoms with van der Waals surface area (Å²) < 4.78 is 0.686. The summed E-state index contributed by atoms with van der Waals surface area (Å²) in [5.41, 5.74) is 0.0883. The minimum Gasteiger partial charge on any atom is -0.477 e. The second-order valence-electron chi connectivity index (χ2n) is 4.27. The summed E-state index contributed by atoms with van der Waals surface area (Å²) in [6.45, 7) is 3.59. The second kappa shape index (κ2) is 5.14. The van der Waals surface area contributed by atoms with Gasteiger partial charge in [0.05, 0.1) is 16.3 Å². The lowest BCUT2D eigenvalue weighted by molar-refractivity contribution is -0.156. The molecule has 0 radical (unpaired) electrons. The SMILES string of the molecule is CCCSC1=C(C(=O)O)N2C(=O)[C@H]([C@@H](C)O)[C@@H]2S1. The maximum absolute atomic E-state index is 11.9. The van der Waals surface area contributed by atoms with Gasteiger partial charge >= 0.3 is 5.97 Å². The van der Waals surface area contributed by atoms with E-state index < -0.39 is 18.0 Å². The molecule has 0 unspecified atom stereocenters. The number of nitrogens with zero attached hydrogens (tertiary/aromatic N) is 1. The number of aliphatic hydroxyl groups excluding tert-OH is 1. The van der Waals surface area contributed by atoms with Crippen LogP contribution < -0.4 is 0 Å². The third kappa shape index (κ3) is 2.04. The third-order valence-corrected chi connectivity index (χ3v) is 5.77. The fraction of sp³-hybridized carbons (Fsp3) is 0.636. The predicted octanol–water partition coefficient (Wildman–Crippen LogP) is 1.30. The van der Waals surface area contributed by atoms with Crippen molar-refractivity contribution in [3.8, 4) is 0 Å². The maximum atomic E-state index is 11.9. The molecule has 0 saturated carbocycles. The van der Waals surface area contributed by atoms with Crippen LogP contribution in [0.3, 0.4) is 0 Å². The van der Waals surface area contributed by atoms with Gasteiger partial charge in [-0.25, -0.2) is 4.79 Å². The molecule has 0 aromatic carbocycles. The number of carboxylic acid groups (broad SMARTS) is 1. The predicted molar refractivity (Wildman–Crippen MR) is 70.8 cm³/mol. The van der Waals surface area contributed by atoms with Gasteiger partial charge in [-0.05, 0) is 19.1 Å². The molecular formula is C11H15NO4S2. The Bertz CT molecular complexity index is 421. The molecule has 0 aliphatic carbocycles.